The molecule has 1 aromatic rings. The van der Waals surface area contributed by atoms with Crippen LogP contribution in [-0.2, 0) is 4.79 Å². The van der Waals surface area contributed by atoms with Crippen molar-refractivity contribution in [3.63, 3.8) is 0 Å². The molecule has 2 bridgehead atoms. The van der Waals surface area contributed by atoms with Gasteiger partial charge in [0.25, 0.3) is 0 Å². The Hall–Kier alpha value is -3.08. The van der Waals surface area contributed by atoms with Crippen molar-refractivity contribution in [3.8, 4) is 17.1 Å². The van der Waals surface area contributed by atoms with Crippen LogP contribution in [0.25, 0.3) is 22.3 Å². The first kappa shape index (κ1) is 15.2. The Balaban J connectivity index is 1.87. The number of aromatic hydroxyl groups is 1. The molecular formula is C21H16O5. The maximum absolute atomic E-state index is 12.0. The molecule has 4 unspecified atom stereocenters. The highest BCUT2D eigenvalue weighted by molar-refractivity contribution is 5.90. The van der Waals surface area contributed by atoms with Crippen LogP contribution < -0.4 is 5.43 Å². The molecule has 0 aromatic heterocycles. The summed E-state index contributed by atoms with van der Waals surface area (Å²) in [7, 11) is 0. The molecule has 4 atom stereocenters. The molecule has 0 saturated heterocycles. The van der Waals surface area contributed by atoms with Crippen LogP contribution in [0.3, 0.4) is 0 Å². The van der Waals surface area contributed by atoms with Gasteiger partial charge in [-0.2, -0.15) is 0 Å². The van der Waals surface area contributed by atoms with Gasteiger partial charge in [0.2, 0.25) is 0 Å². The lowest BCUT2D eigenvalue weighted by molar-refractivity contribution is -0.143. The van der Waals surface area contributed by atoms with Crippen molar-refractivity contribution in [2.75, 3.05) is 0 Å². The third kappa shape index (κ3) is 2.03. The standard InChI is InChI=1S/C21H16O5/c22-12-3-5-14-16(8-12)26-17-9-13(23)4-6-15(17)20(14)18-10-1-2-11(7-10)19(18)21(24)25/h1-6,8-11,18-19,22H,7H2,(H,24,25). The van der Waals surface area contributed by atoms with Crippen LogP contribution in [-0.4, -0.2) is 16.2 Å². The fourth-order valence-electron chi connectivity index (χ4n) is 4.80. The minimum absolute atomic E-state index is 0.0284. The van der Waals surface area contributed by atoms with Gasteiger partial charge in [0.05, 0.1) is 5.92 Å². The van der Waals surface area contributed by atoms with Crippen LogP contribution in [0.5, 0.6) is 5.75 Å². The predicted molar refractivity (Wildman–Crippen MR) is 95.4 cm³/mol. The Labute approximate surface area is 148 Å². The molecule has 130 valence electrons. The van der Waals surface area contributed by atoms with E-state index < -0.39 is 11.9 Å². The molecule has 3 aliphatic carbocycles. The maximum Gasteiger partial charge on any atom is 0.307 e. The normalized spacial score (nSPS) is 26.8. The Kier molecular flexibility index (Phi) is 3.04. The first-order valence-corrected chi connectivity index (χ1v) is 8.63. The van der Waals surface area contributed by atoms with E-state index in [1.54, 1.807) is 18.2 Å². The zero-order valence-electron chi connectivity index (χ0n) is 13.8. The number of hydrogen-bond acceptors (Lipinski definition) is 4. The third-order valence-electron chi connectivity index (χ3n) is 5.80. The fraction of sp³-hybridized carbons (Fsp3) is 0.238. The SMILES string of the molecule is O=C(O)C1C2C=CC(C2)C1c1c2ccc(=O)cc-2oc2cc(O)ccc12. The topological polar surface area (TPSA) is 87.7 Å². The zero-order chi connectivity index (χ0) is 18.0. The van der Waals surface area contributed by atoms with Gasteiger partial charge in [-0.05, 0) is 48.1 Å². The van der Waals surface area contributed by atoms with Gasteiger partial charge >= 0.3 is 5.97 Å². The second kappa shape index (κ2) is 5.21. The smallest absolute Gasteiger partial charge is 0.307 e. The van der Waals surface area contributed by atoms with Crippen molar-refractivity contribution in [1.29, 1.82) is 0 Å². The molecule has 1 heterocycles. The summed E-state index contributed by atoms with van der Waals surface area (Å²) in [5.41, 5.74) is 1.94. The molecule has 1 aliphatic heterocycles. The second-order valence-corrected chi connectivity index (χ2v) is 7.19. The van der Waals surface area contributed by atoms with E-state index in [4.69, 9.17) is 4.42 Å². The van der Waals surface area contributed by atoms with Gasteiger partial charge in [-0.1, -0.05) is 12.2 Å². The number of benzene rings is 2. The number of carboxylic acids is 1. The van der Waals surface area contributed by atoms with Crippen molar-refractivity contribution in [2.24, 2.45) is 17.8 Å². The van der Waals surface area contributed by atoms with E-state index in [9.17, 15) is 19.8 Å². The summed E-state index contributed by atoms with van der Waals surface area (Å²) in [6, 6.07) is 9.47. The lowest BCUT2D eigenvalue weighted by atomic mass is 9.75. The summed E-state index contributed by atoms with van der Waals surface area (Å²) in [6.45, 7) is 0. The predicted octanol–water partition coefficient (Wildman–Crippen LogP) is 3.59. The average molecular weight is 348 g/mol. The van der Waals surface area contributed by atoms with Gasteiger partial charge in [0.1, 0.15) is 17.1 Å². The molecule has 5 nitrogen and oxygen atoms in total. The van der Waals surface area contributed by atoms with Gasteiger partial charge in [-0.15, -0.1) is 0 Å². The number of carboxylic acid groups (broad SMARTS) is 1. The molecule has 1 aromatic carbocycles. The number of rotatable bonds is 2. The van der Waals surface area contributed by atoms with Crippen LogP contribution in [0.15, 0.2) is 57.8 Å². The van der Waals surface area contributed by atoms with Crippen molar-refractivity contribution >= 4 is 16.9 Å². The Bertz CT molecular complexity index is 1110. The van der Waals surface area contributed by atoms with E-state index in [2.05, 4.69) is 6.08 Å². The van der Waals surface area contributed by atoms with Gasteiger partial charge in [0.15, 0.2) is 5.43 Å². The van der Waals surface area contributed by atoms with E-state index in [-0.39, 0.29) is 28.9 Å². The van der Waals surface area contributed by atoms with Gasteiger partial charge in [-0.25, -0.2) is 0 Å². The highest BCUT2D eigenvalue weighted by atomic mass is 16.4. The third-order valence-corrected chi connectivity index (χ3v) is 5.80. The van der Waals surface area contributed by atoms with Crippen molar-refractivity contribution < 1.29 is 19.4 Å². The monoisotopic (exact) mass is 348 g/mol. The summed E-state index contributed by atoms with van der Waals surface area (Å²) in [5.74, 6) is -0.830. The summed E-state index contributed by atoms with van der Waals surface area (Å²) in [4.78, 5) is 23.8. The fourth-order valence-corrected chi connectivity index (χ4v) is 4.80. The molecule has 0 spiro atoms. The number of allylic oxidation sites excluding steroid dienone is 2. The lowest BCUT2D eigenvalue weighted by Gasteiger charge is -2.28. The van der Waals surface area contributed by atoms with Gasteiger partial charge in [-0.3, -0.25) is 9.59 Å². The zero-order valence-corrected chi connectivity index (χ0v) is 13.8. The quantitative estimate of drug-likeness (QED) is 0.546. The molecule has 1 fully saturated rings. The van der Waals surface area contributed by atoms with Crippen LogP contribution in [0, 0.1) is 17.8 Å². The Morgan fingerprint density at radius 3 is 2.69 bits per heavy atom. The first-order chi connectivity index (χ1) is 12.5. The molecule has 5 heteroatoms. The van der Waals surface area contributed by atoms with E-state index in [0.717, 1.165) is 22.9 Å². The minimum atomic E-state index is -0.798. The Morgan fingerprint density at radius 2 is 1.88 bits per heavy atom. The molecular weight excluding hydrogens is 332 g/mol. The second-order valence-electron chi connectivity index (χ2n) is 7.19. The number of phenols is 1. The largest absolute Gasteiger partial charge is 0.508 e. The van der Waals surface area contributed by atoms with Crippen LogP contribution in [0.2, 0.25) is 0 Å². The molecule has 5 rings (SSSR count). The van der Waals surface area contributed by atoms with Crippen LogP contribution >= 0.6 is 0 Å². The van der Waals surface area contributed by atoms with E-state index in [0.29, 0.717) is 11.3 Å². The Morgan fingerprint density at radius 1 is 1.08 bits per heavy atom. The number of aliphatic carboxylic acids is 1. The molecule has 0 radical (unpaired) electrons. The van der Waals surface area contributed by atoms with E-state index in [1.165, 1.54) is 18.2 Å². The molecule has 4 aliphatic rings. The average Bonchev–Trinajstić information content (AvgIpc) is 3.20. The summed E-state index contributed by atoms with van der Waals surface area (Å²) in [5, 5.41) is 20.5. The number of hydrogen-bond donors (Lipinski definition) is 2. The first-order valence-electron chi connectivity index (χ1n) is 8.63. The minimum Gasteiger partial charge on any atom is -0.508 e. The lowest BCUT2D eigenvalue weighted by Crippen LogP contribution is -2.26. The molecule has 1 saturated carbocycles. The molecule has 0 amide bonds. The number of phenolic OH excluding ortho intramolecular Hbond substituents is 1. The molecule has 26 heavy (non-hydrogen) atoms. The van der Waals surface area contributed by atoms with Gasteiger partial charge < -0.3 is 14.6 Å². The van der Waals surface area contributed by atoms with Crippen molar-refractivity contribution in [3.05, 3.63) is 64.3 Å². The number of carbonyl (C=O) groups is 1. The number of fused-ring (bicyclic) bond motifs is 4. The van der Waals surface area contributed by atoms with Crippen LogP contribution in [0.4, 0.5) is 0 Å². The highest BCUT2D eigenvalue weighted by Crippen LogP contribution is 2.56. The van der Waals surface area contributed by atoms with E-state index >= 15 is 0 Å². The maximum atomic E-state index is 12.0. The molecule has 2 N–H and O–H groups in total. The van der Waals surface area contributed by atoms with Crippen molar-refractivity contribution in [2.45, 2.75) is 12.3 Å². The summed E-state index contributed by atoms with van der Waals surface area (Å²) < 4.78 is 5.86. The van der Waals surface area contributed by atoms with Crippen LogP contribution in [0.1, 0.15) is 17.9 Å². The summed E-state index contributed by atoms with van der Waals surface area (Å²) in [6.07, 6.45) is 4.95. The van der Waals surface area contributed by atoms with E-state index in [1.807, 2.05) is 6.08 Å². The van der Waals surface area contributed by atoms with Crippen molar-refractivity contribution in [1.82, 2.24) is 0 Å². The van der Waals surface area contributed by atoms with Gasteiger partial charge in [0, 0.05) is 29.0 Å². The highest BCUT2D eigenvalue weighted by Gasteiger charge is 2.50. The summed E-state index contributed by atoms with van der Waals surface area (Å²) >= 11 is 0.